The molecule has 3 aliphatic carbocycles. The highest BCUT2D eigenvalue weighted by Gasteiger charge is 2.46. The summed E-state index contributed by atoms with van der Waals surface area (Å²) in [6.45, 7) is 4.83. The van der Waals surface area contributed by atoms with Crippen LogP contribution in [0.3, 0.4) is 0 Å². The van der Waals surface area contributed by atoms with Gasteiger partial charge in [0.25, 0.3) is 0 Å². The molecule has 1 N–H and O–H groups in total. The lowest BCUT2D eigenvalue weighted by Gasteiger charge is -2.36. The van der Waals surface area contributed by atoms with Crippen LogP contribution >= 0.6 is 0 Å². The molecule has 3 nitrogen and oxygen atoms in total. The fraction of sp³-hybridized carbons (Fsp3) is 0.164. The molecule has 0 saturated heterocycles. The van der Waals surface area contributed by atoms with Gasteiger partial charge in [-0.3, -0.25) is 0 Å². The predicted molar refractivity (Wildman–Crippen MR) is 265 cm³/mol. The maximum Gasteiger partial charge on any atom is 0.144 e. The Morgan fingerprint density at radius 1 is 0.484 bits per heavy atom. The number of para-hydroxylation sites is 1. The van der Waals surface area contributed by atoms with Crippen molar-refractivity contribution in [2.75, 3.05) is 0 Å². The molecule has 0 amide bonds. The summed E-state index contributed by atoms with van der Waals surface area (Å²) in [6, 6.07) is 66.5. The molecule has 64 heavy (non-hydrogen) atoms. The van der Waals surface area contributed by atoms with Crippen molar-refractivity contribution < 1.29 is 4.42 Å². The van der Waals surface area contributed by atoms with Gasteiger partial charge in [-0.05, 0) is 122 Å². The van der Waals surface area contributed by atoms with Crippen molar-refractivity contribution in [3.05, 3.63) is 226 Å². The summed E-state index contributed by atoms with van der Waals surface area (Å²) in [6.07, 6.45) is 6.40. The number of aliphatic imine (C=N–C) groups is 1. The molecule has 2 heterocycles. The van der Waals surface area contributed by atoms with Gasteiger partial charge in [0.05, 0.1) is 23.1 Å². The second kappa shape index (κ2) is 14.1. The van der Waals surface area contributed by atoms with Crippen LogP contribution < -0.4 is 5.32 Å². The average Bonchev–Trinajstić information content (AvgIpc) is 3.94. The zero-order valence-corrected chi connectivity index (χ0v) is 36.3. The number of hydrogen-bond acceptors (Lipinski definition) is 3. The molecule has 4 aliphatic rings. The molecule has 3 heteroatoms. The smallest absolute Gasteiger partial charge is 0.144 e. The summed E-state index contributed by atoms with van der Waals surface area (Å²) in [5.74, 6) is 0. The molecule has 9 aromatic rings. The van der Waals surface area contributed by atoms with Crippen LogP contribution in [-0.4, -0.2) is 5.71 Å². The highest BCUT2D eigenvalue weighted by atomic mass is 16.3. The second-order valence-electron chi connectivity index (χ2n) is 19.0. The van der Waals surface area contributed by atoms with Crippen molar-refractivity contribution in [3.63, 3.8) is 0 Å². The Kier molecular flexibility index (Phi) is 8.25. The van der Waals surface area contributed by atoms with E-state index in [-0.39, 0.29) is 16.9 Å². The zero-order chi connectivity index (χ0) is 42.6. The van der Waals surface area contributed by atoms with Gasteiger partial charge in [0, 0.05) is 27.2 Å². The number of fused-ring (bicyclic) bond motifs is 11. The molecule has 1 aromatic heterocycles. The van der Waals surface area contributed by atoms with Crippen LogP contribution in [0.5, 0.6) is 0 Å². The predicted octanol–water partition coefficient (Wildman–Crippen LogP) is 15.4. The van der Waals surface area contributed by atoms with E-state index < -0.39 is 0 Å². The van der Waals surface area contributed by atoms with Crippen LogP contribution in [0.25, 0.3) is 66.7 Å². The van der Waals surface area contributed by atoms with Crippen LogP contribution in [-0.2, 0) is 10.8 Å². The Hall–Kier alpha value is -7.23. The highest BCUT2D eigenvalue weighted by molar-refractivity contribution is 6.16. The van der Waals surface area contributed by atoms with Gasteiger partial charge < -0.3 is 9.73 Å². The Labute approximate surface area is 374 Å². The third-order valence-electron chi connectivity index (χ3n) is 15.2. The van der Waals surface area contributed by atoms with Gasteiger partial charge in [-0.25, -0.2) is 4.99 Å². The lowest BCUT2D eigenvalue weighted by molar-refractivity contribution is 0.353. The van der Waals surface area contributed by atoms with E-state index in [0.29, 0.717) is 0 Å². The number of nitrogens with zero attached hydrogens (tertiary/aromatic N) is 1. The van der Waals surface area contributed by atoms with E-state index in [2.05, 4.69) is 201 Å². The van der Waals surface area contributed by atoms with Gasteiger partial charge in [0.15, 0.2) is 0 Å². The number of furan rings is 1. The molecule has 0 bridgehead atoms. The maximum absolute atomic E-state index is 6.90. The van der Waals surface area contributed by atoms with Crippen molar-refractivity contribution in [1.29, 1.82) is 0 Å². The van der Waals surface area contributed by atoms with E-state index in [0.717, 1.165) is 61.3 Å². The topological polar surface area (TPSA) is 37.5 Å². The minimum Gasteiger partial charge on any atom is -0.455 e. The summed E-state index contributed by atoms with van der Waals surface area (Å²) in [7, 11) is 0. The van der Waals surface area contributed by atoms with Gasteiger partial charge in [0.1, 0.15) is 11.2 Å². The number of hydrogen-bond donors (Lipinski definition) is 1. The summed E-state index contributed by atoms with van der Waals surface area (Å²) in [5, 5.41) is 6.17. The Balaban J connectivity index is 0.945. The third-order valence-corrected chi connectivity index (χ3v) is 15.2. The lowest BCUT2D eigenvalue weighted by atomic mass is 9.67. The molecule has 1 fully saturated rings. The van der Waals surface area contributed by atoms with E-state index in [1.54, 1.807) is 11.1 Å². The largest absolute Gasteiger partial charge is 0.455 e. The molecule has 1 unspecified atom stereocenters. The number of nitrogens with one attached hydrogen (secondary N) is 1. The highest BCUT2D eigenvalue weighted by Crippen LogP contribution is 2.60. The van der Waals surface area contributed by atoms with Crippen molar-refractivity contribution in [2.45, 2.75) is 62.8 Å². The molecule has 1 saturated carbocycles. The second-order valence-corrected chi connectivity index (χ2v) is 19.0. The number of benzene rings is 8. The standard InChI is InChI=1S/C61H48N2O/c1-60(2)50-30-28-41(34-46(50)48-37-53-47(36-52(48)60)43-24-13-14-27-51(43)61(53)32-15-6-16-33-61)42-29-31-54-49(35-42)44-25-17-26-45(59(44)64-54)58-57(40-22-11-5-12-23-40)62-55(38-18-7-3-8-19-38)56(63-58)39-20-9-4-10-21-39/h3-5,7-14,17-31,34-37,55,62H,6,15-16,32-33H2,1-2H3. The first-order valence-corrected chi connectivity index (χ1v) is 23.1. The molecule has 8 aromatic carbocycles. The molecule has 1 spiro atoms. The van der Waals surface area contributed by atoms with Crippen LogP contribution in [0.4, 0.5) is 0 Å². The van der Waals surface area contributed by atoms with Crippen molar-refractivity contribution in [2.24, 2.45) is 4.99 Å². The van der Waals surface area contributed by atoms with Crippen molar-refractivity contribution in [1.82, 2.24) is 5.32 Å². The lowest BCUT2D eigenvalue weighted by Crippen LogP contribution is -2.32. The fourth-order valence-electron chi connectivity index (χ4n) is 12.0. The molecule has 0 radical (unpaired) electrons. The quantitative estimate of drug-likeness (QED) is 0.188. The number of rotatable bonds is 5. The van der Waals surface area contributed by atoms with Crippen LogP contribution in [0, 0.1) is 0 Å². The fourth-order valence-corrected chi connectivity index (χ4v) is 12.0. The average molecular weight is 825 g/mol. The Morgan fingerprint density at radius 3 is 1.92 bits per heavy atom. The van der Waals surface area contributed by atoms with E-state index in [1.807, 2.05) is 0 Å². The summed E-state index contributed by atoms with van der Waals surface area (Å²) in [5.41, 5.74) is 22.9. The minimum atomic E-state index is -0.143. The van der Waals surface area contributed by atoms with E-state index >= 15 is 0 Å². The summed E-state index contributed by atoms with van der Waals surface area (Å²) in [4.78, 5) is 5.62. The van der Waals surface area contributed by atoms with Gasteiger partial charge >= 0.3 is 0 Å². The van der Waals surface area contributed by atoms with Gasteiger partial charge in [0.2, 0.25) is 0 Å². The van der Waals surface area contributed by atoms with Crippen molar-refractivity contribution in [3.8, 4) is 33.4 Å². The van der Waals surface area contributed by atoms with Gasteiger partial charge in [-0.1, -0.05) is 179 Å². The normalized spacial score (nSPS) is 17.8. The molecule has 1 aliphatic heterocycles. The molecular formula is C61H48N2O. The molecular weight excluding hydrogens is 777 g/mol. The van der Waals surface area contributed by atoms with E-state index in [4.69, 9.17) is 9.41 Å². The monoisotopic (exact) mass is 824 g/mol. The van der Waals surface area contributed by atoms with Crippen LogP contribution in [0.15, 0.2) is 191 Å². The molecule has 13 rings (SSSR count). The first kappa shape index (κ1) is 37.3. The third kappa shape index (κ3) is 5.49. The summed E-state index contributed by atoms with van der Waals surface area (Å²) >= 11 is 0. The van der Waals surface area contributed by atoms with Crippen LogP contribution in [0.2, 0.25) is 0 Å². The van der Waals surface area contributed by atoms with E-state index in [9.17, 15) is 0 Å². The molecule has 1 atom stereocenters. The SMILES string of the molecule is CC1(C)c2ccc(-c3ccc4oc5c(C6=C(c7ccccc7)NC(c7ccccc7)C(c7ccccc7)=N6)cccc5c4c3)cc2-c2cc3c(cc21)-c1ccccc1C31CCCCC1. The van der Waals surface area contributed by atoms with Crippen LogP contribution in [0.1, 0.15) is 96.5 Å². The zero-order valence-electron chi connectivity index (χ0n) is 36.3. The maximum atomic E-state index is 6.90. The first-order valence-electron chi connectivity index (χ1n) is 23.1. The Morgan fingerprint density at radius 2 is 1.12 bits per heavy atom. The first-order chi connectivity index (χ1) is 31.5. The van der Waals surface area contributed by atoms with E-state index in [1.165, 1.54) is 76.6 Å². The minimum absolute atomic E-state index is 0.0954. The van der Waals surface area contributed by atoms with Gasteiger partial charge in [-0.15, -0.1) is 0 Å². The summed E-state index contributed by atoms with van der Waals surface area (Å²) < 4.78 is 6.90. The van der Waals surface area contributed by atoms with Gasteiger partial charge in [-0.2, -0.15) is 0 Å². The van der Waals surface area contributed by atoms with Crippen molar-refractivity contribution >= 4 is 39.0 Å². The molecule has 308 valence electrons. The Bertz CT molecular complexity index is 3400.